The molecule has 0 spiro atoms. The van der Waals surface area contributed by atoms with Crippen LogP contribution in [0, 0.1) is 0 Å². The summed E-state index contributed by atoms with van der Waals surface area (Å²) >= 11 is 1.63. The Hall–Kier alpha value is -1.38. The Morgan fingerprint density at radius 1 is 1.30 bits per heavy atom. The highest BCUT2D eigenvalue weighted by atomic mass is 32.2. The van der Waals surface area contributed by atoms with E-state index in [0.717, 1.165) is 42.6 Å². The molecule has 2 aliphatic heterocycles. The number of benzene rings is 1. The molecular weight excluding hydrogens is 375 g/mol. The molecule has 0 aromatic heterocycles. The molecule has 2 aliphatic rings. The largest absolute Gasteiger partial charge is 0.497 e. The lowest BCUT2D eigenvalue weighted by Gasteiger charge is -2.33. The average Bonchev–Trinajstić information content (AvgIpc) is 3.05. The maximum absolute atomic E-state index is 13.3. The molecular formula is C19H26F3N3OS. The summed E-state index contributed by atoms with van der Waals surface area (Å²) in [4.78, 5) is 3.47. The first-order valence-electron chi connectivity index (χ1n) is 9.16. The van der Waals surface area contributed by atoms with E-state index >= 15 is 0 Å². The van der Waals surface area contributed by atoms with E-state index in [2.05, 4.69) is 22.5 Å². The first-order valence-corrected chi connectivity index (χ1v) is 10.0. The van der Waals surface area contributed by atoms with Crippen LogP contribution in [0.2, 0.25) is 0 Å². The van der Waals surface area contributed by atoms with Crippen molar-refractivity contribution in [1.82, 2.24) is 15.5 Å². The summed E-state index contributed by atoms with van der Waals surface area (Å²) in [6.45, 7) is 3.98. The van der Waals surface area contributed by atoms with Gasteiger partial charge in [-0.1, -0.05) is 18.2 Å². The summed E-state index contributed by atoms with van der Waals surface area (Å²) < 4.78 is 45.1. The number of halogens is 3. The molecule has 0 saturated carbocycles. The molecule has 8 heteroatoms. The first-order chi connectivity index (χ1) is 12.8. The maximum atomic E-state index is 13.3. The third-order valence-corrected chi connectivity index (χ3v) is 6.33. The van der Waals surface area contributed by atoms with Crippen molar-refractivity contribution in [1.29, 1.82) is 0 Å². The summed E-state index contributed by atoms with van der Waals surface area (Å²) in [7, 11) is 3.22. The molecule has 0 aliphatic carbocycles. The van der Waals surface area contributed by atoms with E-state index in [0.29, 0.717) is 11.6 Å². The molecule has 3 rings (SSSR count). The highest BCUT2D eigenvalue weighted by molar-refractivity contribution is 8.04. The number of methoxy groups -OCH3 is 1. The molecule has 150 valence electrons. The molecule has 0 radical (unpaired) electrons. The van der Waals surface area contributed by atoms with Gasteiger partial charge in [0.2, 0.25) is 0 Å². The summed E-state index contributed by atoms with van der Waals surface area (Å²) in [5, 5.41) is 6.48. The molecule has 0 bridgehead atoms. The van der Waals surface area contributed by atoms with E-state index in [1.54, 1.807) is 17.8 Å². The van der Waals surface area contributed by atoms with E-state index in [-0.39, 0.29) is 11.2 Å². The van der Waals surface area contributed by atoms with E-state index in [1.807, 2.05) is 7.05 Å². The summed E-state index contributed by atoms with van der Waals surface area (Å²) in [5.41, 5.74) is 0.499. The molecule has 1 saturated heterocycles. The average molecular weight is 401 g/mol. The van der Waals surface area contributed by atoms with Gasteiger partial charge in [-0.25, -0.2) is 0 Å². The van der Waals surface area contributed by atoms with Crippen LogP contribution in [0.1, 0.15) is 37.3 Å². The van der Waals surface area contributed by atoms with Crippen molar-refractivity contribution in [3.05, 3.63) is 34.2 Å². The maximum Gasteiger partial charge on any atom is 0.416 e. The van der Waals surface area contributed by atoms with Gasteiger partial charge in [0.1, 0.15) is 11.2 Å². The summed E-state index contributed by atoms with van der Waals surface area (Å²) in [5.74, 6) is 0.206. The molecule has 2 atom stereocenters. The zero-order chi connectivity index (χ0) is 19.6. The van der Waals surface area contributed by atoms with Crippen LogP contribution >= 0.6 is 11.8 Å². The van der Waals surface area contributed by atoms with E-state index < -0.39 is 11.7 Å². The number of nitrogens with zero attached hydrogens (tertiary/aromatic N) is 1. The third kappa shape index (κ3) is 4.73. The Labute approximate surface area is 162 Å². The van der Waals surface area contributed by atoms with Crippen molar-refractivity contribution >= 4 is 17.5 Å². The molecule has 2 unspecified atom stereocenters. The number of piperidine rings is 1. The highest BCUT2D eigenvalue weighted by Crippen LogP contribution is 2.39. The van der Waals surface area contributed by atoms with Crippen molar-refractivity contribution < 1.29 is 17.9 Å². The minimum Gasteiger partial charge on any atom is -0.497 e. The van der Waals surface area contributed by atoms with Gasteiger partial charge in [-0.05, 0) is 51.6 Å². The second-order valence-corrected chi connectivity index (χ2v) is 8.19. The number of rotatable bonds is 5. The van der Waals surface area contributed by atoms with Gasteiger partial charge in [0, 0.05) is 23.1 Å². The van der Waals surface area contributed by atoms with Crippen molar-refractivity contribution in [3.63, 3.8) is 0 Å². The van der Waals surface area contributed by atoms with E-state index in [4.69, 9.17) is 4.74 Å². The molecule has 1 fully saturated rings. The van der Waals surface area contributed by atoms with Crippen molar-refractivity contribution in [2.45, 2.75) is 43.9 Å². The summed E-state index contributed by atoms with van der Waals surface area (Å²) in [6, 6.07) is 4.38. The van der Waals surface area contributed by atoms with Crippen LogP contribution in [-0.2, 0) is 6.18 Å². The quantitative estimate of drug-likeness (QED) is 0.777. The second-order valence-electron chi connectivity index (χ2n) is 6.99. The van der Waals surface area contributed by atoms with Crippen LogP contribution < -0.4 is 15.4 Å². The van der Waals surface area contributed by atoms with Crippen molar-refractivity contribution in [2.75, 3.05) is 27.2 Å². The fraction of sp³-hybridized carbons (Fsp3) is 0.579. The van der Waals surface area contributed by atoms with Gasteiger partial charge in [0.05, 0.1) is 18.4 Å². The van der Waals surface area contributed by atoms with Gasteiger partial charge in [-0.3, -0.25) is 10.2 Å². The van der Waals surface area contributed by atoms with Crippen LogP contribution in [0.25, 0.3) is 5.70 Å². The lowest BCUT2D eigenvalue weighted by atomic mass is 10.0. The molecule has 0 amide bonds. The van der Waals surface area contributed by atoms with Crippen LogP contribution in [-0.4, -0.2) is 43.7 Å². The lowest BCUT2D eigenvalue weighted by molar-refractivity contribution is -0.137. The van der Waals surface area contributed by atoms with Gasteiger partial charge >= 0.3 is 6.18 Å². The third-order valence-electron chi connectivity index (χ3n) is 5.12. The molecule has 2 N–H and O–H groups in total. The molecule has 1 aromatic rings. The van der Waals surface area contributed by atoms with Gasteiger partial charge < -0.3 is 10.1 Å². The molecule has 27 heavy (non-hydrogen) atoms. The minimum atomic E-state index is -4.42. The predicted octanol–water partition coefficient (Wildman–Crippen LogP) is 4.10. The zero-order valence-corrected chi connectivity index (χ0v) is 16.6. The molecule has 2 heterocycles. The Morgan fingerprint density at radius 3 is 2.70 bits per heavy atom. The number of ether oxygens (including phenoxy) is 1. The zero-order valence-electron chi connectivity index (χ0n) is 15.8. The van der Waals surface area contributed by atoms with E-state index in [1.165, 1.54) is 19.6 Å². The van der Waals surface area contributed by atoms with Crippen LogP contribution in [0.3, 0.4) is 0 Å². The Balaban J connectivity index is 1.97. The number of alkyl halides is 3. The van der Waals surface area contributed by atoms with Gasteiger partial charge in [-0.2, -0.15) is 13.2 Å². The van der Waals surface area contributed by atoms with Gasteiger partial charge in [-0.15, -0.1) is 0 Å². The van der Waals surface area contributed by atoms with Crippen LogP contribution in [0.5, 0.6) is 5.75 Å². The SMILES string of the molecule is CNC1NC(c2cc(OC)cc(C(F)(F)F)c2)=C(CN2CCCCC2C)S1. The van der Waals surface area contributed by atoms with Crippen LogP contribution in [0.4, 0.5) is 13.2 Å². The molecule has 1 aromatic carbocycles. The molecule has 4 nitrogen and oxygen atoms in total. The van der Waals surface area contributed by atoms with E-state index in [9.17, 15) is 13.2 Å². The first kappa shape index (κ1) is 20.4. The van der Waals surface area contributed by atoms with Crippen LogP contribution in [0.15, 0.2) is 23.1 Å². The fourth-order valence-corrected chi connectivity index (χ4v) is 4.65. The van der Waals surface area contributed by atoms with Crippen molar-refractivity contribution in [2.24, 2.45) is 0 Å². The number of hydrogen-bond acceptors (Lipinski definition) is 5. The number of thioether (sulfide) groups is 1. The highest BCUT2D eigenvalue weighted by Gasteiger charge is 2.33. The Kier molecular flexibility index (Phi) is 6.28. The monoisotopic (exact) mass is 401 g/mol. The Morgan fingerprint density at radius 2 is 2.07 bits per heavy atom. The van der Waals surface area contributed by atoms with Gasteiger partial charge in [0.25, 0.3) is 0 Å². The predicted molar refractivity (Wildman–Crippen MR) is 103 cm³/mol. The Bertz CT molecular complexity index is 708. The number of likely N-dealkylation sites (tertiary alicyclic amines) is 1. The second kappa shape index (κ2) is 8.32. The summed E-state index contributed by atoms with van der Waals surface area (Å²) in [6.07, 6.45) is -0.857. The normalized spacial score (nSPS) is 24.2. The van der Waals surface area contributed by atoms with Gasteiger partial charge in [0.15, 0.2) is 0 Å². The number of hydrogen-bond donors (Lipinski definition) is 2. The standard InChI is InChI=1S/C19H26F3N3OS/c1-12-6-4-5-7-25(12)11-16-17(24-18(23-2)27-16)13-8-14(19(20,21)22)10-15(9-13)26-3/h8-10,12,18,23-24H,4-7,11H2,1-3H3. The topological polar surface area (TPSA) is 36.5 Å². The van der Waals surface area contributed by atoms with Crippen molar-refractivity contribution in [3.8, 4) is 5.75 Å². The fourth-order valence-electron chi connectivity index (χ4n) is 3.54. The lowest BCUT2D eigenvalue weighted by Crippen LogP contribution is -2.38. The smallest absolute Gasteiger partial charge is 0.416 e. The minimum absolute atomic E-state index is 0.0596. The number of nitrogens with one attached hydrogen (secondary N) is 2.